The Bertz CT molecular complexity index is 476. The third-order valence-corrected chi connectivity index (χ3v) is 3.76. The molecule has 2 rings (SSSR count). The second-order valence-electron chi connectivity index (χ2n) is 4.97. The minimum absolute atomic E-state index is 0.441. The zero-order chi connectivity index (χ0) is 13.7. The number of ether oxygens (including phenoxy) is 1. The van der Waals surface area contributed by atoms with Gasteiger partial charge in [0.1, 0.15) is 5.75 Å². The third kappa shape index (κ3) is 3.01. The van der Waals surface area contributed by atoms with Gasteiger partial charge in [-0.2, -0.15) is 0 Å². The first-order chi connectivity index (χ1) is 9.30. The van der Waals surface area contributed by atoms with Gasteiger partial charge >= 0.3 is 0 Å². The highest BCUT2D eigenvalue weighted by Crippen LogP contribution is 2.32. The van der Waals surface area contributed by atoms with Gasteiger partial charge in [0, 0.05) is 12.0 Å². The monoisotopic (exact) mass is 257 g/mol. The van der Waals surface area contributed by atoms with Crippen LogP contribution in [0.25, 0.3) is 0 Å². The van der Waals surface area contributed by atoms with Crippen LogP contribution in [-0.2, 0) is 12.8 Å². The summed E-state index contributed by atoms with van der Waals surface area (Å²) < 4.78 is 5.50. The van der Waals surface area contributed by atoms with Crippen LogP contribution >= 0.6 is 0 Å². The number of fused-ring (bicyclic) bond motifs is 1. The Morgan fingerprint density at radius 2 is 2.05 bits per heavy atom. The summed E-state index contributed by atoms with van der Waals surface area (Å²) in [6.07, 6.45) is 10.6. The fourth-order valence-electron chi connectivity index (χ4n) is 2.84. The predicted molar refractivity (Wildman–Crippen MR) is 80.4 cm³/mol. The summed E-state index contributed by atoms with van der Waals surface area (Å²) in [5.74, 6) is 1.56. The minimum Gasteiger partial charge on any atom is -0.496 e. The van der Waals surface area contributed by atoms with E-state index in [4.69, 9.17) is 4.74 Å². The summed E-state index contributed by atoms with van der Waals surface area (Å²) in [5.41, 5.74) is 2.77. The molecule has 2 atom stereocenters. The van der Waals surface area contributed by atoms with Crippen LogP contribution in [0.5, 0.6) is 5.75 Å². The van der Waals surface area contributed by atoms with Crippen LogP contribution in [0.1, 0.15) is 25.0 Å². The maximum Gasteiger partial charge on any atom is 0.122 e. The van der Waals surface area contributed by atoms with E-state index in [9.17, 15) is 0 Å². The van der Waals surface area contributed by atoms with Gasteiger partial charge in [0.2, 0.25) is 0 Å². The van der Waals surface area contributed by atoms with E-state index in [0.29, 0.717) is 12.0 Å². The molecule has 1 aromatic rings. The average molecular weight is 257 g/mol. The summed E-state index contributed by atoms with van der Waals surface area (Å²) in [6, 6.07) is 6.81. The molecule has 0 saturated carbocycles. The molecule has 1 aliphatic rings. The number of methoxy groups -OCH3 is 1. The van der Waals surface area contributed by atoms with E-state index in [1.165, 1.54) is 11.1 Å². The number of benzene rings is 1. The molecule has 0 spiro atoms. The Morgan fingerprint density at radius 1 is 1.21 bits per heavy atom. The van der Waals surface area contributed by atoms with E-state index in [-0.39, 0.29) is 0 Å². The Morgan fingerprint density at radius 3 is 2.74 bits per heavy atom. The molecule has 2 nitrogen and oxygen atoms in total. The standard InChI is InChI=1S/C17H23NO/c1-4-7-14-11-13-8-6-9-17(19-3)15(13)12-16(14)18-10-5-2/h4-10,14,16,18H,11-12H2,1-3H3/t14-,16-/m0/s1. The van der Waals surface area contributed by atoms with Crippen molar-refractivity contribution in [3.05, 3.63) is 53.8 Å². The summed E-state index contributed by atoms with van der Waals surface area (Å²) in [4.78, 5) is 0. The first-order valence-corrected chi connectivity index (χ1v) is 6.95. The van der Waals surface area contributed by atoms with Gasteiger partial charge in [-0.3, -0.25) is 0 Å². The summed E-state index contributed by atoms with van der Waals surface area (Å²) in [7, 11) is 1.75. The lowest BCUT2D eigenvalue weighted by Gasteiger charge is -2.32. The van der Waals surface area contributed by atoms with E-state index in [1.54, 1.807) is 7.11 Å². The summed E-state index contributed by atoms with van der Waals surface area (Å²) >= 11 is 0. The topological polar surface area (TPSA) is 21.3 Å². The maximum absolute atomic E-state index is 5.50. The largest absolute Gasteiger partial charge is 0.496 e. The van der Waals surface area contributed by atoms with Crippen LogP contribution in [0.4, 0.5) is 0 Å². The van der Waals surface area contributed by atoms with Gasteiger partial charge in [-0.1, -0.05) is 30.4 Å². The highest BCUT2D eigenvalue weighted by atomic mass is 16.5. The van der Waals surface area contributed by atoms with Crippen molar-refractivity contribution < 1.29 is 4.74 Å². The fraction of sp³-hybridized carbons (Fsp3) is 0.412. The van der Waals surface area contributed by atoms with Crippen molar-refractivity contribution in [1.29, 1.82) is 0 Å². The zero-order valence-electron chi connectivity index (χ0n) is 12.0. The second kappa shape index (κ2) is 6.46. The normalized spacial score (nSPS) is 22.7. The van der Waals surface area contributed by atoms with E-state index >= 15 is 0 Å². The molecule has 0 radical (unpaired) electrons. The minimum atomic E-state index is 0.441. The molecule has 1 aliphatic carbocycles. The Balaban J connectivity index is 2.30. The van der Waals surface area contributed by atoms with Crippen LogP contribution < -0.4 is 10.1 Å². The van der Waals surface area contributed by atoms with Gasteiger partial charge in [-0.05, 0) is 50.1 Å². The lowest BCUT2D eigenvalue weighted by atomic mass is 9.79. The molecule has 0 amide bonds. The van der Waals surface area contributed by atoms with Gasteiger partial charge in [0.15, 0.2) is 0 Å². The van der Waals surface area contributed by atoms with Crippen molar-refractivity contribution in [2.45, 2.75) is 32.7 Å². The van der Waals surface area contributed by atoms with Crippen molar-refractivity contribution >= 4 is 0 Å². The van der Waals surface area contributed by atoms with Gasteiger partial charge in [0.05, 0.1) is 7.11 Å². The predicted octanol–water partition coefficient (Wildman–Crippen LogP) is 3.48. The molecule has 0 heterocycles. The lowest BCUT2D eigenvalue weighted by molar-refractivity contribution is 0.381. The highest BCUT2D eigenvalue weighted by molar-refractivity contribution is 5.43. The first kappa shape index (κ1) is 13.7. The van der Waals surface area contributed by atoms with Crippen LogP contribution in [-0.4, -0.2) is 13.2 Å². The smallest absolute Gasteiger partial charge is 0.122 e. The SMILES string of the molecule is CC=CN[C@H]1Cc2c(cccc2OC)C[C@@H]1C=CC. The number of hydrogen-bond acceptors (Lipinski definition) is 2. The third-order valence-electron chi connectivity index (χ3n) is 3.76. The van der Waals surface area contributed by atoms with Crippen molar-refractivity contribution in [3.63, 3.8) is 0 Å². The van der Waals surface area contributed by atoms with Gasteiger partial charge in [-0.25, -0.2) is 0 Å². The van der Waals surface area contributed by atoms with E-state index < -0.39 is 0 Å². The molecule has 0 unspecified atom stereocenters. The van der Waals surface area contributed by atoms with Crippen molar-refractivity contribution in [2.75, 3.05) is 7.11 Å². The Hall–Kier alpha value is -1.70. The molecule has 0 aromatic heterocycles. The molecule has 1 aromatic carbocycles. The summed E-state index contributed by atoms with van der Waals surface area (Å²) in [6.45, 7) is 4.13. The van der Waals surface area contributed by atoms with Gasteiger partial charge < -0.3 is 10.1 Å². The fourth-order valence-corrected chi connectivity index (χ4v) is 2.84. The molecule has 2 heteroatoms. The van der Waals surface area contributed by atoms with Crippen LogP contribution in [0, 0.1) is 5.92 Å². The number of nitrogens with one attached hydrogen (secondary N) is 1. The number of allylic oxidation sites excluding steroid dienone is 2. The van der Waals surface area contributed by atoms with Gasteiger partial charge in [0.25, 0.3) is 0 Å². The van der Waals surface area contributed by atoms with Crippen LogP contribution in [0.15, 0.2) is 42.6 Å². The van der Waals surface area contributed by atoms with E-state index in [1.807, 2.05) is 19.2 Å². The van der Waals surface area contributed by atoms with E-state index in [0.717, 1.165) is 18.6 Å². The Labute approximate surface area is 116 Å². The molecule has 0 aliphatic heterocycles. The molecular weight excluding hydrogens is 234 g/mol. The molecule has 19 heavy (non-hydrogen) atoms. The van der Waals surface area contributed by atoms with Crippen molar-refractivity contribution in [3.8, 4) is 5.75 Å². The number of hydrogen-bond donors (Lipinski definition) is 1. The van der Waals surface area contributed by atoms with Crippen LogP contribution in [0.2, 0.25) is 0 Å². The van der Waals surface area contributed by atoms with Crippen molar-refractivity contribution in [2.24, 2.45) is 5.92 Å². The maximum atomic E-state index is 5.50. The second-order valence-corrected chi connectivity index (χ2v) is 4.97. The highest BCUT2D eigenvalue weighted by Gasteiger charge is 2.27. The molecule has 1 N–H and O–H groups in total. The average Bonchev–Trinajstić information content (AvgIpc) is 2.44. The first-order valence-electron chi connectivity index (χ1n) is 6.95. The number of rotatable bonds is 4. The van der Waals surface area contributed by atoms with E-state index in [2.05, 4.69) is 42.6 Å². The zero-order valence-corrected chi connectivity index (χ0v) is 12.0. The molecule has 0 bridgehead atoms. The molecule has 0 fully saturated rings. The lowest BCUT2D eigenvalue weighted by Crippen LogP contribution is -2.38. The molecular formula is C17H23NO. The molecule has 102 valence electrons. The van der Waals surface area contributed by atoms with Crippen LogP contribution in [0.3, 0.4) is 0 Å². The molecule has 0 saturated heterocycles. The van der Waals surface area contributed by atoms with Gasteiger partial charge in [-0.15, -0.1) is 0 Å². The van der Waals surface area contributed by atoms with Crippen molar-refractivity contribution in [1.82, 2.24) is 5.32 Å². The quantitative estimate of drug-likeness (QED) is 0.834. The summed E-state index contributed by atoms with van der Waals surface area (Å²) in [5, 5.41) is 3.51. The Kier molecular flexibility index (Phi) is 4.67.